The van der Waals surface area contributed by atoms with Gasteiger partial charge in [-0.15, -0.1) is 0 Å². The van der Waals surface area contributed by atoms with Crippen molar-refractivity contribution in [1.82, 2.24) is 19.4 Å². The van der Waals surface area contributed by atoms with Crippen molar-refractivity contribution < 1.29 is 19.7 Å². The van der Waals surface area contributed by atoms with E-state index in [2.05, 4.69) is 58.4 Å². The summed E-state index contributed by atoms with van der Waals surface area (Å²) in [6.45, 7) is 2.70. The maximum absolute atomic E-state index is 9.83. The van der Waals surface area contributed by atoms with Crippen molar-refractivity contribution in [3.8, 4) is 22.7 Å². The molecule has 5 aromatic rings. The third-order valence-electron chi connectivity index (χ3n) is 7.03. The van der Waals surface area contributed by atoms with Crippen LogP contribution in [0.15, 0.2) is 79.1 Å². The molecule has 38 heavy (non-hydrogen) atoms. The minimum atomic E-state index is -0.672. The number of nitrogens with zero attached hydrogens (tertiary/aromatic N) is 4. The summed E-state index contributed by atoms with van der Waals surface area (Å²) in [5.41, 5.74) is 5.99. The molecule has 2 N–H and O–H groups in total. The summed E-state index contributed by atoms with van der Waals surface area (Å²) in [5, 5.41) is 20.7. The number of hydrogen-bond donors (Lipinski definition) is 2. The van der Waals surface area contributed by atoms with Crippen molar-refractivity contribution in [3.63, 3.8) is 0 Å². The van der Waals surface area contributed by atoms with Crippen LogP contribution >= 0.6 is 0 Å². The highest BCUT2D eigenvalue weighted by Crippen LogP contribution is 2.30. The summed E-state index contributed by atoms with van der Waals surface area (Å²) in [6.07, 6.45) is 0.449. The number of imidazole rings is 1. The predicted molar refractivity (Wildman–Crippen MR) is 146 cm³/mol. The van der Waals surface area contributed by atoms with E-state index in [0.717, 1.165) is 50.2 Å². The highest BCUT2D eigenvalue weighted by atomic mass is 16.5. The summed E-state index contributed by atoms with van der Waals surface area (Å²) in [7, 11) is 1.65. The number of likely N-dealkylation sites (tertiary alicyclic amines) is 1. The minimum Gasteiger partial charge on any atom is -0.491 e. The molecule has 2 aromatic heterocycles. The van der Waals surface area contributed by atoms with Crippen molar-refractivity contribution in [1.29, 1.82) is 0 Å². The first-order valence-electron chi connectivity index (χ1n) is 12.8. The lowest BCUT2D eigenvalue weighted by Crippen LogP contribution is -2.22. The van der Waals surface area contributed by atoms with Gasteiger partial charge < -0.3 is 19.7 Å². The topological polar surface area (TPSA) is 92.9 Å². The van der Waals surface area contributed by atoms with E-state index in [1.807, 2.05) is 28.8 Å². The van der Waals surface area contributed by atoms with Crippen LogP contribution in [0, 0.1) is 0 Å². The van der Waals surface area contributed by atoms with Crippen LogP contribution < -0.4 is 4.74 Å². The Balaban J connectivity index is 1.28. The molecule has 0 saturated carbocycles. The Morgan fingerprint density at radius 3 is 2.53 bits per heavy atom. The molecule has 0 aliphatic carbocycles. The fraction of sp³-hybridized carbons (Fsp3) is 0.267. The lowest BCUT2D eigenvalue weighted by molar-refractivity contribution is 0.0572. The maximum Gasteiger partial charge on any atom is 0.139 e. The molecule has 8 nitrogen and oxygen atoms in total. The summed E-state index contributed by atoms with van der Waals surface area (Å²) in [6, 6.07) is 24.6. The van der Waals surface area contributed by atoms with Crippen molar-refractivity contribution in [3.05, 3.63) is 84.7 Å². The number of fused-ring (bicyclic) bond motifs is 2. The van der Waals surface area contributed by atoms with E-state index in [1.54, 1.807) is 13.4 Å². The van der Waals surface area contributed by atoms with Crippen LogP contribution in [-0.2, 0) is 11.3 Å². The molecule has 0 spiro atoms. The molecule has 6 rings (SSSR count). The van der Waals surface area contributed by atoms with E-state index in [1.165, 1.54) is 0 Å². The Morgan fingerprint density at radius 2 is 1.74 bits per heavy atom. The van der Waals surface area contributed by atoms with Gasteiger partial charge in [0.15, 0.2) is 0 Å². The first-order valence-corrected chi connectivity index (χ1v) is 12.8. The summed E-state index contributed by atoms with van der Waals surface area (Å²) in [5.74, 6) is 1.55. The van der Waals surface area contributed by atoms with Gasteiger partial charge in [0.25, 0.3) is 0 Å². The first-order chi connectivity index (χ1) is 18.6. The Morgan fingerprint density at radius 1 is 0.921 bits per heavy atom. The molecule has 3 heterocycles. The monoisotopic (exact) mass is 510 g/mol. The number of aliphatic hydroxyl groups excluding tert-OH is 2. The van der Waals surface area contributed by atoms with Gasteiger partial charge in [0.2, 0.25) is 0 Å². The second-order valence-corrected chi connectivity index (χ2v) is 9.68. The number of methoxy groups -OCH3 is 1. The third-order valence-corrected chi connectivity index (χ3v) is 7.03. The molecule has 0 unspecified atom stereocenters. The zero-order chi connectivity index (χ0) is 26.1. The van der Waals surface area contributed by atoms with E-state index in [-0.39, 0.29) is 0 Å². The van der Waals surface area contributed by atoms with E-state index in [4.69, 9.17) is 14.5 Å². The standard InChI is InChI=1S/C30H30N4O4/c1-37-13-14-38-23-10-11-26-25(15-23)31-19-34(26)29-12-9-22-3-2-4-24(30(22)32-29)21-7-5-20(6-8-21)16-33-17-27(35)28(36)18-33/h2-12,15,19,27-28,35-36H,13-14,16-18H2,1H3/t27-,28+. The van der Waals surface area contributed by atoms with Crippen LogP contribution in [0.4, 0.5) is 0 Å². The molecular weight excluding hydrogens is 480 g/mol. The highest BCUT2D eigenvalue weighted by Gasteiger charge is 2.29. The number of pyridine rings is 1. The zero-order valence-electron chi connectivity index (χ0n) is 21.2. The fourth-order valence-electron chi connectivity index (χ4n) is 5.04. The second-order valence-electron chi connectivity index (χ2n) is 9.68. The average Bonchev–Trinajstić information content (AvgIpc) is 3.50. The Hall–Kier alpha value is -3.82. The SMILES string of the molecule is COCCOc1ccc2c(c1)ncn2-c1ccc2cccc(-c3ccc(CN4C[C@@H](O)[C@@H](O)C4)cc3)c2n1. The van der Waals surface area contributed by atoms with Gasteiger partial charge in [-0.05, 0) is 35.4 Å². The Labute approximate surface area is 220 Å². The van der Waals surface area contributed by atoms with Gasteiger partial charge >= 0.3 is 0 Å². The van der Waals surface area contributed by atoms with E-state index < -0.39 is 12.2 Å². The lowest BCUT2D eigenvalue weighted by atomic mass is 10.0. The second kappa shape index (κ2) is 10.5. The first kappa shape index (κ1) is 24.5. The molecular formula is C30H30N4O4. The molecule has 1 fully saturated rings. The fourth-order valence-corrected chi connectivity index (χ4v) is 5.04. The number of β-amino-alcohol motifs (C(OH)–C–C–N with tert-alkyl or cyclic N) is 2. The molecule has 3 aromatic carbocycles. The van der Waals surface area contributed by atoms with Crippen molar-refractivity contribution in [2.24, 2.45) is 0 Å². The summed E-state index contributed by atoms with van der Waals surface area (Å²) >= 11 is 0. The number of benzene rings is 3. The molecule has 0 amide bonds. The van der Waals surface area contributed by atoms with Gasteiger partial charge in [0.1, 0.15) is 24.5 Å². The van der Waals surface area contributed by atoms with Crippen LogP contribution in [0.2, 0.25) is 0 Å². The molecule has 0 bridgehead atoms. The van der Waals surface area contributed by atoms with Crippen molar-refractivity contribution >= 4 is 21.9 Å². The van der Waals surface area contributed by atoms with Gasteiger partial charge in [-0.2, -0.15) is 0 Å². The molecule has 1 aliphatic heterocycles. The van der Waals surface area contributed by atoms with E-state index >= 15 is 0 Å². The number of aliphatic hydroxyl groups is 2. The van der Waals surface area contributed by atoms with Gasteiger partial charge in [-0.25, -0.2) is 9.97 Å². The van der Waals surface area contributed by atoms with Crippen LogP contribution in [0.3, 0.4) is 0 Å². The summed E-state index contributed by atoms with van der Waals surface area (Å²) < 4.78 is 12.8. The number of rotatable bonds is 8. The maximum atomic E-state index is 9.83. The van der Waals surface area contributed by atoms with Gasteiger partial charge in [0.05, 0.1) is 35.4 Å². The number of para-hydroxylation sites is 1. The molecule has 8 heteroatoms. The minimum absolute atomic E-state index is 0.489. The van der Waals surface area contributed by atoms with Crippen molar-refractivity contribution in [2.45, 2.75) is 18.8 Å². The third kappa shape index (κ3) is 4.87. The molecule has 194 valence electrons. The largest absolute Gasteiger partial charge is 0.491 e. The van der Waals surface area contributed by atoms with E-state index in [9.17, 15) is 10.2 Å². The number of hydrogen-bond acceptors (Lipinski definition) is 7. The lowest BCUT2D eigenvalue weighted by Gasteiger charge is -2.15. The van der Waals surface area contributed by atoms with Crippen LogP contribution in [0.25, 0.3) is 38.9 Å². The van der Waals surface area contributed by atoms with Gasteiger partial charge in [0, 0.05) is 43.8 Å². The van der Waals surface area contributed by atoms with Gasteiger partial charge in [-0.3, -0.25) is 9.47 Å². The predicted octanol–water partition coefficient (Wildman–Crippen LogP) is 3.80. The zero-order valence-corrected chi connectivity index (χ0v) is 21.2. The van der Waals surface area contributed by atoms with Crippen LogP contribution in [0.1, 0.15) is 5.56 Å². The van der Waals surface area contributed by atoms with Crippen LogP contribution in [-0.4, -0.2) is 75.3 Å². The Bertz CT molecular complexity index is 1560. The molecule has 1 aliphatic rings. The average molecular weight is 511 g/mol. The number of ether oxygens (including phenoxy) is 2. The molecule has 2 atom stereocenters. The summed E-state index contributed by atoms with van der Waals surface area (Å²) in [4.78, 5) is 11.7. The normalized spacial score (nSPS) is 18.0. The quantitative estimate of drug-likeness (QED) is 0.307. The molecule has 0 radical (unpaired) electrons. The van der Waals surface area contributed by atoms with E-state index in [0.29, 0.717) is 32.8 Å². The highest BCUT2D eigenvalue weighted by molar-refractivity contribution is 5.94. The van der Waals surface area contributed by atoms with Gasteiger partial charge in [-0.1, -0.05) is 42.5 Å². The molecule has 1 saturated heterocycles. The smallest absolute Gasteiger partial charge is 0.139 e. The Kier molecular flexibility index (Phi) is 6.78. The number of aromatic nitrogens is 3. The van der Waals surface area contributed by atoms with Crippen LogP contribution in [0.5, 0.6) is 5.75 Å². The van der Waals surface area contributed by atoms with Crippen molar-refractivity contribution in [2.75, 3.05) is 33.4 Å².